The van der Waals surface area contributed by atoms with Gasteiger partial charge in [-0.15, -0.1) is 6.58 Å². The zero-order valence-corrected chi connectivity index (χ0v) is 9.97. The van der Waals surface area contributed by atoms with Gasteiger partial charge in [-0.05, 0) is 30.9 Å². The molecule has 1 aromatic carbocycles. The van der Waals surface area contributed by atoms with E-state index in [0.29, 0.717) is 0 Å². The van der Waals surface area contributed by atoms with Gasteiger partial charge in [-0.3, -0.25) is 4.98 Å². The van der Waals surface area contributed by atoms with Crippen LogP contribution >= 0.6 is 0 Å². The van der Waals surface area contributed by atoms with Gasteiger partial charge in [0.1, 0.15) is 0 Å². The molecule has 0 atom stereocenters. The minimum absolute atomic E-state index is 1.04. The van der Waals surface area contributed by atoms with Crippen LogP contribution in [-0.4, -0.2) is 4.98 Å². The second-order valence-corrected chi connectivity index (χ2v) is 4.10. The van der Waals surface area contributed by atoms with E-state index in [1.165, 1.54) is 11.1 Å². The molecule has 2 aromatic rings. The molecular weight excluding hydrogens is 206 g/mol. The van der Waals surface area contributed by atoms with Gasteiger partial charge in [-0.1, -0.05) is 42.5 Å². The Balaban J connectivity index is 2.05. The Kier molecular flexibility index (Phi) is 4.09. The molecule has 0 saturated heterocycles. The van der Waals surface area contributed by atoms with Crippen molar-refractivity contribution >= 4 is 0 Å². The number of benzene rings is 1. The number of nitrogens with zero attached hydrogens (tertiary/aromatic N) is 1. The number of hydrogen-bond acceptors (Lipinski definition) is 1. The molecule has 0 amide bonds. The molecule has 2 rings (SSSR count). The molecular formula is C16H17N. The van der Waals surface area contributed by atoms with Crippen molar-refractivity contribution in [3.63, 3.8) is 0 Å². The van der Waals surface area contributed by atoms with Crippen LogP contribution < -0.4 is 0 Å². The maximum atomic E-state index is 4.50. The standard InChI is InChI=1S/C16H17N/c1-2-3-5-8-14-11-12-16(17-13-14)15-9-6-4-7-10-15/h2,4,6-7,9-13H,1,3,5,8H2. The molecule has 0 aliphatic rings. The molecule has 1 heteroatoms. The third kappa shape index (κ3) is 3.28. The van der Waals surface area contributed by atoms with Gasteiger partial charge in [-0.2, -0.15) is 0 Å². The van der Waals surface area contributed by atoms with E-state index in [0.717, 1.165) is 25.0 Å². The predicted molar refractivity (Wildman–Crippen MR) is 72.8 cm³/mol. The number of allylic oxidation sites excluding steroid dienone is 1. The quantitative estimate of drug-likeness (QED) is 0.545. The Bertz CT molecular complexity index is 457. The Morgan fingerprint density at radius 3 is 2.53 bits per heavy atom. The minimum atomic E-state index is 1.04. The molecule has 0 aliphatic carbocycles. The van der Waals surface area contributed by atoms with Crippen LogP contribution in [0.3, 0.4) is 0 Å². The van der Waals surface area contributed by atoms with Crippen LogP contribution in [0.2, 0.25) is 0 Å². The van der Waals surface area contributed by atoms with Crippen molar-refractivity contribution in [3.05, 3.63) is 66.9 Å². The topological polar surface area (TPSA) is 12.9 Å². The maximum Gasteiger partial charge on any atom is 0.0702 e. The van der Waals surface area contributed by atoms with Crippen molar-refractivity contribution in [1.82, 2.24) is 4.98 Å². The fraction of sp³-hybridized carbons (Fsp3) is 0.188. The summed E-state index contributed by atoms with van der Waals surface area (Å²) in [5.74, 6) is 0. The van der Waals surface area contributed by atoms with Crippen molar-refractivity contribution in [2.24, 2.45) is 0 Å². The Hall–Kier alpha value is -1.89. The first-order valence-corrected chi connectivity index (χ1v) is 6.01. The number of rotatable bonds is 5. The fourth-order valence-corrected chi connectivity index (χ4v) is 1.80. The molecule has 86 valence electrons. The Labute approximate surface area is 103 Å². The normalized spacial score (nSPS) is 10.1. The van der Waals surface area contributed by atoms with E-state index in [9.17, 15) is 0 Å². The number of unbranched alkanes of at least 4 members (excludes halogenated alkanes) is 1. The second kappa shape index (κ2) is 6.00. The van der Waals surface area contributed by atoms with Gasteiger partial charge in [0, 0.05) is 11.8 Å². The third-order valence-electron chi connectivity index (χ3n) is 2.77. The SMILES string of the molecule is C=CCCCc1ccc(-c2ccccc2)nc1. The first-order valence-electron chi connectivity index (χ1n) is 6.01. The summed E-state index contributed by atoms with van der Waals surface area (Å²) in [5, 5.41) is 0. The van der Waals surface area contributed by atoms with E-state index >= 15 is 0 Å². The molecule has 1 heterocycles. The van der Waals surface area contributed by atoms with Gasteiger partial charge in [-0.25, -0.2) is 0 Å². The summed E-state index contributed by atoms with van der Waals surface area (Å²) in [6, 6.07) is 14.5. The van der Waals surface area contributed by atoms with E-state index in [4.69, 9.17) is 0 Å². The molecule has 0 aliphatic heterocycles. The van der Waals surface area contributed by atoms with Crippen LogP contribution in [-0.2, 0) is 6.42 Å². The maximum absolute atomic E-state index is 4.50. The molecule has 0 N–H and O–H groups in total. The lowest BCUT2D eigenvalue weighted by molar-refractivity contribution is 0.840. The zero-order valence-electron chi connectivity index (χ0n) is 9.97. The zero-order chi connectivity index (χ0) is 11.9. The van der Waals surface area contributed by atoms with Crippen LogP contribution in [0, 0.1) is 0 Å². The summed E-state index contributed by atoms with van der Waals surface area (Å²) in [7, 11) is 0. The van der Waals surface area contributed by atoms with E-state index in [-0.39, 0.29) is 0 Å². The largest absolute Gasteiger partial charge is 0.256 e. The number of aromatic nitrogens is 1. The molecule has 1 nitrogen and oxygen atoms in total. The lowest BCUT2D eigenvalue weighted by Gasteiger charge is -2.03. The monoisotopic (exact) mass is 223 g/mol. The first-order chi connectivity index (χ1) is 8.40. The highest BCUT2D eigenvalue weighted by Crippen LogP contribution is 2.16. The van der Waals surface area contributed by atoms with Crippen molar-refractivity contribution in [2.75, 3.05) is 0 Å². The van der Waals surface area contributed by atoms with Gasteiger partial charge < -0.3 is 0 Å². The van der Waals surface area contributed by atoms with Gasteiger partial charge in [0.05, 0.1) is 5.69 Å². The van der Waals surface area contributed by atoms with Crippen molar-refractivity contribution in [3.8, 4) is 11.3 Å². The van der Waals surface area contributed by atoms with E-state index in [1.807, 2.05) is 30.5 Å². The van der Waals surface area contributed by atoms with Crippen LogP contribution in [0.15, 0.2) is 61.3 Å². The van der Waals surface area contributed by atoms with Crippen LogP contribution in [0.5, 0.6) is 0 Å². The van der Waals surface area contributed by atoms with E-state index in [2.05, 4.69) is 35.8 Å². The van der Waals surface area contributed by atoms with E-state index < -0.39 is 0 Å². The summed E-state index contributed by atoms with van der Waals surface area (Å²) in [6.45, 7) is 3.73. The summed E-state index contributed by atoms with van der Waals surface area (Å²) in [6.07, 6.45) is 7.24. The summed E-state index contributed by atoms with van der Waals surface area (Å²) in [5.41, 5.74) is 3.51. The molecule has 17 heavy (non-hydrogen) atoms. The molecule has 1 aromatic heterocycles. The van der Waals surface area contributed by atoms with Crippen LogP contribution in [0.4, 0.5) is 0 Å². The summed E-state index contributed by atoms with van der Waals surface area (Å²) in [4.78, 5) is 4.50. The van der Waals surface area contributed by atoms with Crippen molar-refractivity contribution in [1.29, 1.82) is 0 Å². The smallest absolute Gasteiger partial charge is 0.0702 e. The average molecular weight is 223 g/mol. The summed E-state index contributed by atoms with van der Waals surface area (Å²) < 4.78 is 0. The summed E-state index contributed by atoms with van der Waals surface area (Å²) >= 11 is 0. The average Bonchev–Trinajstić information content (AvgIpc) is 2.41. The Morgan fingerprint density at radius 2 is 1.88 bits per heavy atom. The molecule has 0 radical (unpaired) electrons. The number of hydrogen-bond donors (Lipinski definition) is 0. The van der Waals surface area contributed by atoms with E-state index in [1.54, 1.807) is 0 Å². The molecule has 0 unspecified atom stereocenters. The highest BCUT2D eigenvalue weighted by Gasteiger charge is 1.98. The predicted octanol–water partition coefficient (Wildman–Crippen LogP) is 4.26. The number of pyridine rings is 1. The van der Waals surface area contributed by atoms with Crippen molar-refractivity contribution < 1.29 is 0 Å². The molecule has 0 spiro atoms. The third-order valence-corrected chi connectivity index (χ3v) is 2.77. The second-order valence-electron chi connectivity index (χ2n) is 4.10. The molecule has 0 bridgehead atoms. The van der Waals surface area contributed by atoms with Gasteiger partial charge in [0.15, 0.2) is 0 Å². The lowest BCUT2D eigenvalue weighted by atomic mass is 10.1. The first kappa shape index (κ1) is 11.6. The molecule has 0 fully saturated rings. The van der Waals surface area contributed by atoms with Crippen LogP contribution in [0.1, 0.15) is 18.4 Å². The number of aryl methyl sites for hydroxylation is 1. The Morgan fingerprint density at radius 1 is 1.06 bits per heavy atom. The molecule has 0 saturated carbocycles. The van der Waals surface area contributed by atoms with Gasteiger partial charge >= 0.3 is 0 Å². The minimum Gasteiger partial charge on any atom is -0.256 e. The highest BCUT2D eigenvalue weighted by atomic mass is 14.7. The van der Waals surface area contributed by atoms with Gasteiger partial charge in [0.2, 0.25) is 0 Å². The highest BCUT2D eigenvalue weighted by molar-refractivity contribution is 5.58. The lowest BCUT2D eigenvalue weighted by Crippen LogP contribution is -1.88. The van der Waals surface area contributed by atoms with Gasteiger partial charge in [0.25, 0.3) is 0 Å². The fourth-order valence-electron chi connectivity index (χ4n) is 1.80. The van der Waals surface area contributed by atoms with Crippen LogP contribution in [0.25, 0.3) is 11.3 Å². The van der Waals surface area contributed by atoms with Crippen molar-refractivity contribution in [2.45, 2.75) is 19.3 Å².